The molecule has 0 N–H and O–H groups in total. The average molecular weight is 496 g/mol. The molecule has 0 bridgehead atoms. The summed E-state index contributed by atoms with van der Waals surface area (Å²) in [7, 11) is 1.73. The van der Waals surface area contributed by atoms with Crippen LogP contribution in [0.25, 0.3) is 11.5 Å². The van der Waals surface area contributed by atoms with Crippen LogP contribution < -0.4 is 4.74 Å². The van der Waals surface area contributed by atoms with Crippen molar-refractivity contribution in [3.8, 4) is 23.0 Å². The molecule has 0 aliphatic carbocycles. The summed E-state index contributed by atoms with van der Waals surface area (Å²) in [6.45, 7) is 2.13. The number of oxime groups is 1. The zero-order chi connectivity index (χ0) is 25.5. The minimum Gasteiger partial charge on any atom is -0.457 e. The molecule has 0 radical (unpaired) electrons. The molecule has 3 aromatic carbocycles. The molecule has 0 saturated heterocycles. The highest BCUT2D eigenvalue weighted by Crippen LogP contribution is 2.32. The zero-order valence-electron chi connectivity index (χ0n) is 20.5. The number of hydrogen-bond acceptors (Lipinski definition) is 9. The summed E-state index contributed by atoms with van der Waals surface area (Å²) in [5, 5.41) is 24.2. The Hall–Kier alpha value is -4.86. The van der Waals surface area contributed by atoms with Crippen molar-refractivity contribution in [1.29, 1.82) is 0 Å². The lowest BCUT2D eigenvalue weighted by atomic mass is 10.1. The van der Waals surface area contributed by atoms with Crippen molar-refractivity contribution in [1.82, 2.24) is 30.4 Å². The largest absolute Gasteiger partial charge is 0.457 e. The van der Waals surface area contributed by atoms with Gasteiger partial charge in [0, 0.05) is 12.6 Å². The van der Waals surface area contributed by atoms with E-state index >= 15 is 0 Å². The lowest BCUT2D eigenvalue weighted by Crippen LogP contribution is -2.12. The second kappa shape index (κ2) is 11.3. The summed E-state index contributed by atoms with van der Waals surface area (Å²) >= 11 is 0. The lowest BCUT2D eigenvalue weighted by molar-refractivity contribution is 0.111. The van der Waals surface area contributed by atoms with Gasteiger partial charge in [-0.15, -0.1) is 15.3 Å². The molecule has 0 unspecified atom stereocenters. The molecule has 2 heterocycles. The molecule has 10 heteroatoms. The van der Waals surface area contributed by atoms with Crippen LogP contribution in [0.3, 0.4) is 0 Å². The third-order valence-corrected chi connectivity index (χ3v) is 5.50. The van der Waals surface area contributed by atoms with Crippen LogP contribution in [0.15, 0.2) is 88.4 Å². The minimum absolute atomic E-state index is 0.0312. The van der Waals surface area contributed by atoms with Crippen molar-refractivity contribution in [3.05, 3.63) is 102 Å². The molecule has 0 atom stereocenters. The molecule has 0 amide bonds. The smallest absolute Gasteiger partial charge is 0.257 e. The van der Waals surface area contributed by atoms with Gasteiger partial charge in [0.05, 0.1) is 5.56 Å². The predicted molar refractivity (Wildman–Crippen MR) is 136 cm³/mol. The van der Waals surface area contributed by atoms with Crippen molar-refractivity contribution in [2.45, 2.75) is 26.4 Å². The van der Waals surface area contributed by atoms with Gasteiger partial charge in [0.2, 0.25) is 5.82 Å². The molecule has 5 rings (SSSR count). The van der Waals surface area contributed by atoms with Crippen molar-refractivity contribution >= 4 is 5.71 Å². The molecule has 0 aliphatic rings. The van der Waals surface area contributed by atoms with Crippen molar-refractivity contribution in [3.63, 3.8) is 0 Å². The number of aryl methyl sites for hydroxylation is 2. The Morgan fingerprint density at radius 3 is 2.46 bits per heavy atom. The van der Waals surface area contributed by atoms with Gasteiger partial charge < -0.3 is 14.0 Å². The molecule has 37 heavy (non-hydrogen) atoms. The van der Waals surface area contributed by atoms with Crippen LogP contribution in [0.2, 0.25) is 0 Å². The van der Waals surface area contributed by atoms with E-state index in [0.29, 0.717) is 28.7 Å². The number of aromatic nitrogens is 6. The summed E-state index contributed by atoms with van der Waals surface area (Å²) in [5.74, 6) is 2.39. The van der Waals surface area contributed by atoms with E-state index in [9.17, 15) is 0 Å². The number of tetrazole rings is 1. The van der Waals surface area contributed by atoms with Crippen molar-refractivity contribution < 1.29 is 14.0 Å². The van der Waals surface area contributed by atoms with E-state index in [2.05, 4.69) is 49.9 Å². The van der Waals surface area contributed by atoms with E-state index in [0.717, 1.165) is 24.2 Å². The molecule has 5 aromatic rings. The number of ether oxygens (including phenoxy) is 1. The zero-order valence-corrected chi connectivity index (χ0v) is 20.5. The van der Waals surface area contributed by atoms with Crippen LogP contribution in [0.5, 0.6) is 11.5 Å². The Bertz CT molecular complexity index is 1480. The van der Waals surface area contributed by atoms with Gasteiger partial charge in [-0.25, -0.2) is 4.68 Å². The van der Waals surface area contributed by atoms with E-state index in [1.165, 1.54) is 10.2 Å². The molecule has 186 valence electrons. The van der Waals surface area contributed by atoms with E-state index in [1.54, 1.807) is 7.05 Å². The summed E-state index contributed by atoms with van der Waals surface area (Å²) in [6, 6.07) is 25.1. The number of rotatable bonds is 10. The fraction of sp³-hybridized carbons (Fsp3) is 0.185. The van der Waals surface area contributed by atoms with E-state index in [1.807, 2.05) is 66.7 Å². The first-order valence-electron chi connectivity index (χ1n) is 11.9. The first-order valence-corrected chi connectivity index (χ1v) is 11.9. The molecule has 0 spiro atoms. The first kappa shape index (κ1) is 23.9. The highest BCUT2D eigenvalue weighted by Gasteiger charge is 2.17. The summed E-state index contributed by atoms with van der Waals surface area (Å²) in [6.07, 6.45) is 2.14. The Morgan fingerprint density at radius 1 is 0.919 bits per heavy atom. The highest BCUT2D eigenvalue weighted by molar-refractivity contribution is 6.10. The normalized spacial score (nSPS) is 11.5. The van der Waals surface area contributed by atoms with Crippen LogP contribution in [0.4, 0.5) is 0 Å². The second-order valence-electron chi connectivity index (χ2n) is 8.20. The Balaban J connectivity index is 1.31. The van der Waals surface area contributed by atoms with Gasteiger partial charge in [0.15, 0.2) is 12.3 Å². The second-order valence-corrected chi connectivity index (χ2v) is 8.20. The molecular formula is C27H25N7O3. The van der Waals surface area contributed by atoms with Gasteiger partial charge in [-0.3, -0.25) is 0 Å². The maximum Gasteiger partial charge on any atom is 0.257 e. The van der Waals surface area contributed by atoms with Crippen molar-refractivity contribution in [2.75, 3.05) is 0 Å². The molecule has 10 nitrogen and oxygen atoms in total. The van der Waals surface area contributed by atoms with Gasteiger partial charge in [0.1, 0.15) is 11.5 Å². The number of para-hydroxylation sites is 1. The predicted octanol–water partition coefficient (Wildman–Crippen LogP) is 4.97. The third kappa shape index (κ3) is 5.69. The fourth-order valence-corrected chi connectivity index (χ4v) is 3.69. The van der Waals surface area contributed by atoms with Crippen molar-refractivity contribution in [2.24, 2.45) is 12.2 Å². The summed E-state index contributed by atoms with van der Waals surface area (Å²) < 4.78 is 13.5. The van der Waals surface area contributed by atoms with Gasteiger partial charge >= 0.3 is 0 Å². The van der Waals surface area contributed by atoms with Gasteiger partial charge in [-0.05, 0) is 46.7 Å². The molecular weight excluding hydrogens is 470 g/mol. The maximum atomic E-state index is 6.12. The topological polar surface area (TPSA) is 113 Å². The van der Waals surface area contributed by atoms with E-state index < -0.39 is 0 Å². The summed E-state index contributed by atoms with van der Waals surface area (Å²) in [5.41, 5.74) is 3.24. The lowest BCUT2D eigenvalue weighted by Gasteiger charge is -2.09. The first-order chi connectivity index (χ1) is 18.2. The average Bonchev–Trinajstić information content (AvgIpc) is 3.58. The Kier molecular flexibility index (Phi) is 7.26. The molecule has 0 aliphatic heterocycles. The van der Waals surface area contributed by atoms with Gasteiger partial charge in [-0.2, -0.15) is 0 Å². The van der Waals surface area contributed by atoms with Crippen LogP contribution in [0.1, 0.15) is 36.2 Å². The van der Waals surface area contributed by atoms with E-state index in [4.69, 9.17) is 14.0 Å². The number of benzene rings is 3. The third-order valence-electron chi connectivity index (χ3n) is 5.50. The maximum absolute atomic E-state index is 6.12. The van der Waals surface area contributed by atoms with E-state index in [-0.39, 0.29) is 12.5 Å². The molecule has 2 aromatic heterocycles. The minimum atomic E-state index is -0.0312. The number of hydrogen-bond donors (Lipinski definition) is 0. The standard InChI is InChI=1S/C27H25N7O3/c1-3-9-19-14-16-21(17-15-19)36-23-13-8-7-12-22(23)27-30-28-24(37-27)18-35-31-25(20-10-5-4-6-11-20)26-29-32-33-34(26)2/h4-8,10-17H,3,9,18H2,1-2H3/b31-25-. The SMILES string of the molecule is CCCc1ccc(Oc2ccccc2-c2nnc(CO/N=C(/c3ccccc3)c3nnnn3C)o2)cc1. The van der Waals surface area contributed by atoms with Gasteiger partial charge in [0.25, 0.3) is 11.8 Å². The van der Waals surface area contributed by atoms with Crippen LogP contribution in [-0.2, 0) is 24.9 Å². The molecule has 0 saturated carbocycles. The quantitative estimate of drug-likeness (QED) is 0.197. The molecule has 0 fully saturated rings. The Morgan fingerprint density at radius 2 is 1.70 bits per heavy atom. The van der Waals surface area contributed by atoms with Crippen LogP contribution in [-0.4, -0.2) is 36.1 Å². The van der Waals surface area contributed by atoms with Crippen LogP contribution >= 0.6 is 0 Å². The van der Waals surface area contributed by atoms with Gasteiger partial charge in [-0.1, -0.05) is 73.1 Å². The fourth-order valence-electron chi connectivity index (χ4n) is 3.69. The Labute approximate surface area is 213 Å². The monoisotopic (exact) mass is 495 g/mol. The number of nitrogens with zero attached hydrogens (tertiary/aromatic N) is 7. The van der Waals surface area contributed by atoms with Crippen LogP contribution in [0, 0.1) is 0 Å². The summed E-state index contributed by atoms with van der Waals surface area (Å²) in [4.78, 5) is 5.57. The highest BCUT2D eigenvalue weighted by atomic mass is 16.6.